The Morgan fingerprint density at radius 2 is 1.93 bits per heavy atom. The average Bonchev–Trinajstić information content (AvgIpc) is 3.04. The van der Waals surface area contributed by atoms with Crippen LogP contribution in [0.3, 0.4) is 0 Å². The second-order valence-corrected chi connectivity index (χ2v) is 8.16. The predicted octanol–water partition coefficient (Wildman–Crippen LogP) is 5.28. The van der Waals surface area contributed by atoms with Gasteiger partial charge in [0.15, 0.2) is 5.17 Å². The third kappa shape index (κ3) is 3.42. The molecule has 6 heteroatoms. The third-order valence-corrected chi connectivity index (χ3v) is 6.22. The van der Waals surface area contributed by atoms with Gasteiger partial charge in [-0.1, -0.05) is 67.9 Å². The first kappa shape index (κ1) is 18.3. The minimum atomic E-state index is -0.336. The van der Waals surface area contributed by atoms with Gasteiger partial charge in [-0.15, -0.1) is 0 Å². The minimum Gasteiger partial charge on any atom is -0.271 e. The molecule has 0 radical (unpaired) electrons. The summed E-state index contributed by atoms with van der Waals surface area (Å²) in [7, 11) is 0. The summed E-state index contributed by atoms with van der Waals surface area (Å²) in [6.07, 6.45) is 0.910. The van der Waals surface area contributed by atoms with Crippen LogP contribution < -0.4 is 0 Å². The second kappa shape index (κ2) is 7.49. The number of amides is 1. The van der Waals surface area contributed by atoms with E-state index in [0.29, 0.717) is 15.9 Å². The van der Waals surface area contributed by atoms with E-state index in [1.807, 2.05) is 48.5 Å². The van der Waals surface area contributed by atoms with Crippen molar-refractivity contribution in [1.29, 1.82) is 0 Å². The van der Waals surface area contributed by atoms with Gasteiger partial charge >= 0.3 is 0 Å². The summed E-state index contributed by atoms with van der Waals surface area (Å²) in [5.41, 5.74) is 2.92. The maximum atomic E-state index is 13.1. The van der Waals surface area contributed by atoms with Crippen molar-refractivity contribution in [2.24, 2.45) is 15.9 Å². The van der Waals surface area contributed by atoms with Crippen LogP contribution in [0.15, 0.2) is 58.5 Å². The van der Waals surface area contributed by atoms with Crippen LogP contribution in [-0.2, 0) is 10.5 Å². The highest BCUT2D eigenvalue weighted by atomic mass is 35.5. The predicted molar refractivity (Wildman–Crippen MR) is 113 cm³/mol. The van der Waals surface area contributed by atoms with Crippen molar-refractivity contribution < 1.29 is 4.79 Å². The fourth-order valence-electron chi connectivity index (χ4n) is 3.19. The van der Waals surface area contributed by atoms with Gasteiger partial charge in [-0.3, -0.25) is 9.79 Å². The van der Waals surface area contributed by atoms with E-state index in [-0.39, 0.29) is 17.9 Å². The molecule has 2 aromatic carbocycles. The lowest BCUT2D eigenvalue weighted by Gasteiger charge is -2.26. The molecular weight excluding hydrogens is 378 g/mol. The van der Waals surface area contributed by atoms with Crippen molar-refractivity contribution in [2.45, 2.75) is 32.1 Å². The van der Waals surface area contributed by atoms with E-state index in [1.165, 1.54) is 0 Å². The molecule has 0 aromatic heterocycles. The molecule has 138 valence electrons. The fourth-order valence-corrected chi connectivity index (χ4v) is 4.27. The van der Waals surface area contributed by atoms with Crippen molar-refractivity contribution in [1.82, 2.24) is 4.90 Å². The molecule has 4 rings (SSSR count). The van der Waals surface area contributed by atoms with Crippen LogP contribution in [0.25, 0.3) is 0 Å². The normalized spacial score (nSPS) is 19.3. The Labute approximate surface area is 168 Å². The molecule has 2 heterocycles. The summed E-state index contributed by atoms with van der Waals surface area (Å²) < 4.78 is 0. The Bertz CT molecular complexity index is 939. The van der Waals surface area contributed by atoms with Crippen LogP contribution >= 0.6 is 23.4 Å². The van der Waals surface area contributed by atoms with Gasteiger partial charge in [0.1, 0.15) is 11.9 Å². The number of fused-ring (bicyclic) bond motifs is 3. The molecule has 0 fully saturated rings. The maximum Gasteiger partial charge on any atom is 0.259 e. The first-order chi connectivity index (χ1) is 13.1. The van der Waals surface area contributed by atoms with E-state index in [2.05, 4.69) is 13.8 Å². The zero-order valence-corrected chi connectivity index (χ0v) is 16.8. The minimum absolute atomic E-state index is 0.0243. The summed E-state index contributed by atoms with van der Waals surface area (Å²) >= 11 is 7.52. The van der Waals surface area contributed by atoms with Crippen LogP contribution in [0, 0.1) is 5.92 Å². The molecule has 0 spiro atoms. The molecule has 27 heavy (non-hydrogen) atoms. The van der Waals surface area contributed by atoms with Crippen LogP contribution in [0.5, 0.6) is 0 Å². The number of halogens is 1. The highest BCUT2D eigenvalue weighted by molar-refractivity contribution is 8.13. The van der Waals surface area contributed by atoms with Gasteiger partial charge < -0.3 is 0 Å². The van der Waals surface area contributed by atoms with Crippen molar-refractivity contribution in [2.75, 3.05) is 0 Å². The van der Waals surface area contributed by atoms with E-state index in [4.69, 9.17) is 21.6 Å². The molecular formula is C21H20ClN3OS. The highest BCUT2D eigenvalue weighted by Gasteiger charge is 2.42. The van der Waals surface area contributed by atoms with Crippen molar-refractivity contribution in [3.05, 3.63) is 64.7 Å². The zero-order chi connectivity index (χ0) is 19.0. The molecule has 4 nitrogen and oxygen atoms in total. The molecule has 1 amide bonds. The molecule has 0 saturated heterocycles. The molecule has 0 unspecified atom stereocenters. The van der Waals surface area contributed by atoms with Crippen molar-refractivity contribution >= 4 is 46.0 Å². The topological polar surface area (TPSA) is 45.0 Å². The largest absolute Gasteiger partial charge is 0.271 e. The summed E-state index contributed by atoms with van der Waals surface area (Å²) in [5, 5.41) is 1.41. The summed E-state index contributed by atoms with van der Waals surface area (Å²) in [5.74, 6) is 1.67. The van der Waals surface area contributed by atoms with Gasteiger partial charge in [-0.2, -0.15) is 0 Å². The van der Waals surface area contributed by atoms with Gasteiger partial charge in [-0.25, -0.2) is 9.89 Å². The van der Waals surface area contributed by atoms with Crippen LogP contribution in [0.2, 0.25) is 5.02 Å². The third-order valence-electron chi connectivity index (χ3n) is 4.96. The SMILES string of the molecule is CC[C@@H](C)[C@@H]1N=C2c3ccccc3N=C(SCc3ccc(Cl)cc3)N2C1=O. The lowest BCUT2D eigenvalue weighted by Crippen LogP contribution is -2.42. The molecule has 0 saturated carbocycles. The van der Waals surface area contributed by atoms with Crippen molar-refractivity contribution in [3.63, 3.8) is 0 Å². The maximum absolute atomic E-state index is 13.1. The Kier molecular flexibility index (Phi) is 5.06. The second-order valence-electron chi connectivity index (χ2n) is 6.78. The highest BCUT2D eigenvalue weighted by Crippen LogP contribution is 2.36. The molecule has 2 aliphatic heterocycles. The molecule has 0 N–H and O–H groups in total. The summed E-state index contributed by atoms with van der Waals surface area (Å²) in [4.78, 5) is 24.4. The van der Waals surface area contributed by atoms with Crippen molar-refractivity contribution in [3.8, 4) is 0 Å². The van der Waals surface area contributed by atoms with E-state index in [0.717, 1.165) is 29.1 Å². The zero-order valence-electron chi connectivity index (χ0n) is 15.2. The smallest absolute Gasteiger partial charge is 0.259 e. The number of amidine groups is 2. The van der Waals surface area contributed by atoms with Gasteiger partial charge in [0, 0.05) is 16.3 Å². The van der Waals surface area contributed by atoms with E-state index >= 15 is 0 Å². The number of rotatable bonds is 4. The van der Waals surface area contributed by atoms with Gasteiger partial charge in [0.25, 0.3) is 5.91 Å². The molecule has 0 aliphatic carbocycles. The molecule has 2 aromatic rings. The number of benzene rings is 2. The Morgan fingerprint density at radius 3 is 2.67 bits per heavy atom. The number of aliphatic imine (C=N–C) groups is 2. The number of hydrogen-bond donors (Lipinski definition) is 0. The Hall–Kier alpha value is -2.11. The quantitative estimate of drug-likeness (QED) is 0.704. The lowest BCUT2D eigenvalue weighted by atomic mass is 10.00. The van der Waals surface area contributed by atoms with Gasteiger partial charge in [0.2, 0.25) is 0 Å². The molecule has 2 atom stereocenters. The first-order valence-electron chi connectivity index (χ1n) is 9.05. The monoisotopic (exact) mass is 397 g/mol. The number of carbonyl (C=O) groups is 1. The summed E-state index contributed by atoms with van der Waals surface area (Å²) in [6.45, 7) is 4.17. The Morgan fingerprint density at radius 1 is 1.19 bits per heavy atom. The van der Waals surface area contributed by atoms with E-state index < -0.39 is 0 Å². The van der Waals surface area contributed by atoms with Crippen LogP contribution in [0.1, 0.15) is 31.4 Å². The van der Waals surface area contributed by atoms with Gasteiger partial charge in [0.05, 0.1) is 5.69 Å². The number of carbonyl (C=O) groups excluding carboxylic acids is 1. The number of hydrogen-bond acceptors (Lipinski definition) is 4. The van der Waals surface area contributed by atoms with E-state index in [1.54, 1.807) is 16.7 Å². The first-order valence-corrected chi connectivity index (χ1v) is 10.4. The van der Waals surface area contributed by atoms with Gasteiger partial charge in [-0.05, 0) is 35.7 Å². The lowest BCUT2D eigenvalue weighted by molar-refractivity contribution is -0.125. The number of thioether (sulfide) groups is 1. The Balaban J connectivity index is 1.67. The van der Waals surface area contributed by atoms with Crippen LogP contribution in [0.4, 0.5) is 5.69 Å². The molecule has 0 bridgehead atoms. The number of para-hydroxylation sites is 1. The standard InChI is InChI=1S/C21H20ClN3OS/c1-3-13(2)18-20(26)25-19(24-18)16-6-4-5-7-17(16)23-21(25)27-12-14-8-10-15(22)11-9-14/h4-11,13,18H,3,12H2,1-2H3/t13-,18+/m1/s1. The van der Waals surface area contributed by atoms with E-state index in [9.17, 15) is 4.79 Å². The summed E-state index contributed by atoms with van der Waals surface area (Å²) in [6, 6.07) is 15.3. The van der Waals surface area contributed by atoms with Crippen LogP contribution in [-0.4, -0.2) is 27.9 Å². The average molecular weight is 398 g/mol. The molecule has 2 aliphatic rings. The fraction of sp³-hybridized carbons (Fsp3) is 0.286. The number of nitrogens with zero attached hydrogens (tertiary/aromatic N) is 3.